The molecule has 3 rings (SSSR count). The van der Waals surface area contributed by atoms with Crippen LogP contribution in [0.25, 0.3) is 0 Å². The molecule has 0 aliphatic carbocycles. The molecule has 3 unspecified atom stereocenters. The molecule has 0 amide bonds. The summed E-state index contributed by atoms with van der Waals surface area (Å²) in [4.78, 5) is 0. The second kappa shape index (κ2) is 7.06. The monoisotopic (exact) mass is 341 g/mol. The Morgan fingerprint density at radius 1 is 1.20 bits per heavy atom. The van der Waals surface area contributed by atoms with Gasteiger partial charge in [-0.25, -0.2) is 0 Å². The Morgan fingerprint density at radius 3 is 2.72 bits per heavy atom. The molecule has 1 aliphatic rings. The highest BCUT2D eigenvalue weighted by molar-refractivity contribution is 5.40. The van der Waals surface area contributed by atoms with E-state index < -0.39 is 11.7 Å². The molecule has 2 N–H and O–H groups in total. The molecule has 2 aromatic rings. The number of rotatable bonds is 5. The van der Waals surface area contributed by atoms with Gasteiger partial charge in [0.25, 0.3) is 0 Å². The molecule has 2 aromatic carbocycles. The second-order valence-corrected chi connectivity index (χ2v) is 7.29. The summed E-state index contributed by atoms with van der Waals surface area (Å²) in [5.41, 5.74) is 1.57. The third-order valence-electron chi connectivity index (χ3n) is 4.80. The van der Waals surface area contributed by atoms with Crippen LogP contribution in [-0.2, 0) is 6.42 Å². The van der Waals surface area contributed by atoms with Crippen molar-refractivity contribution in [3.8, 4) is 11.5 Å². The topological polar surface area (TPSA) is 50.7 Å². The van der Waals surface area contributed by atoms with E-state index in [0.717, 1.165) is 23.5 Å². The van der Waals surface area contributed by atoms with Crippen LogP contribution >= 0.6 is 0 Å². The van der Waals surface area contributed by atoms with Crippen molar-refractivity contribution in [2.24, 2.45) is 0 Å². The summed E-state index contributed by atoms with van der Waals surface area (Å²) in [5.74, 6) is 1.70. The number of ether oxygens (including phenoxy) is 2. The van der Waals surface area contributed by atoms with Crippen molar-refractivity contribution in [3.05, 3.63) is 59.7 Å². The Morgan fingerprint density at radius 2 is 1.96 bits per heavy atom. The number of benzene rings is 2. The Kier molecular flexibility index (Phi) is 5.02. The largest absolute Gasteiger partial charge is 0.497 e. The number of hydrogen-bond donors (Lipinski definition) is 2. The molecule has 0 radical (unpaired) electrons. The van der Waals surface area contributed by atoms with Crippen molar-refractivity contribution in [2.45, 2.75) is 51.0 Å². The number of methoxy groups -OCH3 is 1. The number of aliphatic hydroxyl groups is 1. The summed E-state index contributed by atoms with van der Waals surface area (Å²) in [6.07, 6.45) is 0.222. The van der Waals surface area contributed by atoms with E-state index in [1.165, 1.54) is 5.56 Å². The van der Waals surface area contributed by atoms with Gasteiger partial charge < -0.3 is 19.9 Å². The van der Waals surface area contributed by atoms with Crippen LogP contribution in [0.15, 0.2) is 48.5 Å². The van der Waals surface area contributed by atoms with Gasteiger partial charge in [0.1, 0.15) is 23.2 Å². The molecule has 3 atom stereocenters. The molecule has 1 aliphatic heterocycles. The van der Waals surface area contributed by atoms with Gasteiger partial charge in [0.05, 0.1) is 13.2 Å². The van der Waals surface area contributed by atoms with E-state index in [2.05, 4.69) is 24.4 Å². The Bertz CT molecular complexity index is 729. The molecule has 134 valence electrons. The minimum absolute atomic E-state index is 0.166. The summed E-state index contributed by atoms with van der Waals surface area (Å²) in [6, 6.07) is 16.0. The molecular weight excluding hydrogens is 314 g/mol. The fraction of sp³-hybridized carbons (Fsp3) is 0.429. The van der Waals surface area contributed by atoms with Gasteiger partial charge >= 0.3 is 0 Å². The zero-order valence-electron chi connectivity index (χ0n) is 15.3. The third-order valence-corrected chi connectivity index (χ3v) is 4.80. The molecule has 0 fully saturated rings. The molecule has 0 saturated heterocycles. The fourth-order valence-electron chi connectivity index (χ4n) is 3.44. The van der Waals surface area contributed by atoms with E-state index in [-0.39, 0.29) is 12.1 Å². The van der Waals surface area contributed by atoms with Gasteiger partial charge in [0.2, 0.25) is 0 Å². The van der Waals surface area contributed by atoms with Crippen LogP contribution < -0.4 is 14.8 Å². The van der Waals surface area contributed by atoms with E-state index in [0.29, 0.717) is 0 Å². The van der Waals surface area contributed by atoms with Gasteiger partial charge in [0, 0.05) is 11.6 Å². The van der Waals surface area contributed by atoms with Crippen molar-refractivity contribution in [1.82, 2.24) is 5.32 Å². The van der Waals surface area contributed by atoms with Gasteiger partial charge in [-0.2, -0.15) is 0 Å². The molecule has 0 spiro atoms. The van der Waals surface area contributed by atoms with Crippen molar-refractivity contribution in [3.63, 3.8) is 0 Å². The van der Waals surface area contributed by atoms with E-state index in [9.17, 15) is 5.11 Å². The summed E-state index contributed by atoms with van der Waals surface area (Å²) in [5, 5.41) is 14.4. The lowest BCUT2D eigenvalue weighted by atomic mass is 9.86. The predicted octanol–water partition coefficient (Wildman–Crippen LogP) is 3.49. The molecule has 4 heteroatoms. The van der Waals surface area contributed by atoms with Crippen LogP contribution in [0.1, 0.15) is 37.9 Å². The van der Waals surface area contributed by atoms with Gasteiger partial charge in [-0.3, -0.25) is 0 Å². The number of para-hydroxylation sites is 1. The first-order valence-corrected chi connectivity index (χ1v) is 8.75. The summed E-state index contributed by atoms with van der Waals surface area (Å²) in [6.45, 7) is 5.99. The van der Waals surface area contributed by atoms with Gasteiger partial charge in [-0.1, -0.05) is 30.3 Å². The zero-order valence-corrected chi connectivity index (χ0v) is 15.3. The average molecular weight is 341 g/mol. The number of nitrogens with one attached hydrogen (secondary N) is 1. The Labute approximate surface area is 149 Å². The predicted molar refractivity (Wildman–Crippen MR) is 99.2 cm³/mol. The molecule has 4 nitrogen and oxygen atoms in total. The van der Waals surface area contributed by atoms with E-state index in [4.69, 9.17) is 9.47 Å². The van der Waals surface area contributed by atoms with Crippen molar-refractivity contribution >= 4 is 0 Å². The number of aliphatic hydroxyl groups excluding tert-OH is 1. The van der Waals surface area contributed by atoms with Crippen molar-refractivity contribution in [1.29, 1.82) is 0 Å². The maximum absolute atomic E-state index is 10.8. The lowest BCUT2D eigenvalue weighted by molar-refractivity contribution is -0.0661. The van der Waals surface area contributed by atoms with Gasteiger partial charge in [-0.15, -0.1) is 0 Å². The number of fused-ring (bicyclic) bond motifs is 1. The van der Waals surface area contributed by atoms with Crippen molar-refractivity contribution < 1.29 is 14.6 Å². The smallest absolute Gasteiger partial charge is 0.131 e. The molecule has 25 heavy (non-hydrogen) atoms. The van der Waals surface area contributed by atoms with E-state index in [1.54, 1.807) is 7.11 Å². The van der Waals surface area contributed by atoms with E-state index >= 15 is 0 Å². The highest BCUT2D eigenvalue weighted by Gasteiger charge is 2.42. The summed E-state index contributed by atoms with van der Waals surface area (Å²) < 4.78 is 11.3. The molecule has 0 saturated carbocycles. The molecular formula is C21H27NO3. The first kappa shape index (κ1) is 17.8. The normalized spacial score (nSPS) is 22.6. The van der Waals surface area contributed by atoms with Crippen LogP contribution in [0.3, 0.4) is 0 Å². The first-order valence-electron chi connectivity index (χ1n) is 8.75. The highest BCUT2D eigenvalue weighted by atomic mass is 16.5. The third kappa shape index (κ3) is 3.80. The highest BCUT2D eigenvalue weighted by Crippen LogP contribution is 2.39. The van der Waals surface area contributed by atoms with Crippen LogP contribution in [0.4, 0.5) is 0 Å². The van der Waals surface area contributed by atoms with Gasteiger partial charge in [-0.05, 0) is 51.0 Å². The van der Waals surface area contributed by atoms with Crippen molar-refractivity contribution in [2.75, 3.05) is 7.11 Å². The minimum atomic E-state index is -0.637. The van der Waals surface area contributed by atoms with Gasteiger partial charge in [0.15, 0.2) is 0 Å². The Hall–Kier alpha value is -2.04. The Balaban J connectivity index is 1.78. The zero-order chi connectivity index (χ0) is 18.0. The molecule has 0 bridgehead atoms. The summed E-state index contributed by atoms with van der Waals surface area (Å²) in [7, 11) is 1.68. The lowest BCUT2D eigenvalue weighted by Crippen LogP contribution is -2.54. The van der Waals surface area contributed by atoms with Crippen LogP contribution in [-0.4, -0.2) is 30.0 Å². The number of hydrogen-bond acceptors (Lipinski definition) is 4. The minimum Gasteiger partial charge on any atom is -0.497 e. The van der Waals surface area contributed by atoms with Crippen LogP contribution in [0.5, 0.6) is 11.5 Å². The maximum Gasteiger partial charge on any atom is 0.131 e. The SMILES string of the molecule is COc1cccc(CC(C)NC2c3ccccc3OC(C)(C)C2O)c1. The summed E-state index contributed by atoms with van der Waals surface area (Å²) >= 11 is 0. The van der Waals surface area contributed by atoms with Crippen LogP contribution in [0.2, 0.25) is 0 Å². The quantitative estimate of drug-likeness (QED) is 0.874. The standard InChI is InChI=1S/C21H27NO3/c1-14(12-15-8-7-9-16(13-15)24-4)22-19-17-10-5-6-11-18(17)25-21(2,3)20(19)23/h5-11,13-14,19-20,22-23H,12H2,1-4H3. The van der Waals surface area contributed by atoms with E-state index in [1.807, 2.05) is 50.2 Å². The average Bonchev–Trinajstić information content (AvgIpc) is 2.58. The molecule has 1 heterocycles. The maximum atomic E-state index is 10.8. The lowest BCUT2D eigenvalue weighted by Gasteiger charge is -2.43. The fourth-order valence-corrected chi connectivity index (χ4v) is 3.44. The first-order chi connectivity index (χ1) is 11.9. The second-order valence-electron chi connectivity index (χ2n) is 7.29. The molecule has 0 aromatic heterocycles. The van der Waals surface area contributed by atoms with Crippen LogP contribution in [0, 0.1) is 0 Å².